The van der Waals surface area contributed by atoms with Gasteiger partial charge in [0.1, 0.15) is 0 Å². The van der Waals surface area contributed by atoms with E-state index in [-0.39, 0.29) is 19.0 Å². The first kappa shape index (κ1) is 15.4. The van der Waals surface area contributed by atoms with E-state index in [9.17, 15) is 13.2 Å². The first-order valence-corrected chi connectivity index (χ1v) is 7.28. The Bertz CT molecular complexity index is 398. The van der Waals surface area contributed by atoms with Crippen LogP contribution in [0.4, 0.5) is 0 Å². The monoisotopic (exact) mass is 279 g/mol. The van der Waals surface area contributed by atoms with Crippen molar-refractivity contribution in [3.8, 4) is 0 Å². The number of carboxylic acids is 1. The molecule has 0 aromatic heterocycles. The fraction of sp³-hybridized carbons (Fsp3) is 0.900. The lowest BCUT2D eigenvalue weighted by molar-refractivity contribution is -0.137. The van der Waals surface area contributed by atoms with E-state index in [1.54, 1.807) is 0 Å². The molecular weight excluding hydrogens is 258 g/mol. The van der Waals surface area contributed by atoms with Crippen LogP contribution in [0.15, 0.2) is 0 Å². The van der Waals surface area contributed by atoms with Gasteiger partial charge >= 0.3 is 5.97 Å². The molecule has 8 heteroatoms. The molecule has 0 aromatic carbocycles. The molecule has 106 valence electrons. The van der Waals surface area contributed by atoms with Crippen molar-refractivity contribution in [2.24, 2.45) is 0 Å². The number of aliphatic carboxylic acids is 1. The fourth-order valence-corrected chi connectivity index (χ4v) is 3.53. The molecule has 0 saturated carbocycles. The quantitative estimate of drug-likeness (QED) is 0.718. The van der Waals surface area contributed by atoms with E-state index in [4.69, 9.17) is 5.11 Å². The molecule has 0 bridgehead atoms. The maximum atomic E-state index is 12.3. The van der Waals surface area contributed by atoms with Crippen LogP contribution >= 0.6 is 0 Å². The summed E-state index contributed by atoms with van der Waals surface area (Å²) in [5.41, 5.74) is 0. The molecule has 0 spiro atoms. The number of nitrogens with zero attached hydrogens (tertiary/aromatic N) is 3. The van der Waals surface area contributed by atoms with E-state index >= 15 is 0 Å². The van der Waals surface area contributed by atoms with E-state index in [1.807, 2.05) is 14.0 Å². The average molecular weight is 279 g/mol. The molecule has 18 heavy (non-hydrogen) atoms. The number of piperazine rings is 1. The second kappa shape index (κ2) is 5.96. The van der Waals surface area contributed by atoms with Gasteiger partial charge in [-0.1, -0.05) is 0 Å². The predicted octanol–water partition coefficient (Wildman–Crippen LogP) is -0.726. The Kier molecular flexibility index (Phi) is 5.09. The van der Waals surface area contributed by atoms with E-state index in [0.29, 0.717) is 19.6 Å². The third kappa shape index (κ3) is 3.64. The van der Waals surface area contributed by atoms with Crippen LogP contribution < -0.4 is 0 Å². The van der Waals surface area contributed by atoms with Gasteiger partial charge in [0.15, 0.2) is 0 Å². The van der Waals surface area contributed by atoms with Gasteiger partial charge < -0.3 is 10.0 Å². The van der Waals surface area contributed by atoms with Crippen molar-refractivity contribution in [1.82, 2.24) is 13.5 Å². The summed E-state index contributed by atoms with van der Waals surface area (Å²) in [5.74, 6) is -0.997. The van der Waals surface area contributed by atoms with Crippen molar-refractivity contribution < 1.29 is 18.3 Å². The molecule has 1 heterocycles. The minimum Gasteiger partial charge on any atom is -0.481 e. The zero-order chi connectivity index (χ0) is 13.9. The van der Waals surface area contributed by atoms with Crippen LogP contribution in [0.5, 0.6) is 0 Å². The van der Waals surface area contributed by atoms with Crippen molar-refractivity contribution in [3.05, 3.63) is 0 Å². The summed E-state index contributed by atoms with van der Waals surface area (Å²) in [6.45, 7) is 3.68. The molecule has 1 rings (SSSR count). The lowest BCUT2D eigenvalue weighted by Crippen LogP contribution is -2.56. The Labute approximate surface area is 108 Å². The summed E-state index contributed by atoms with van der Waals surface area (Å²) in [5, 5.41) is 8.58. The standard InChI is InChI=1S/C10H21N3O4S/c1-9-8-11(2)6-7-13(9)18(16,17)12(3)5-4-10(14)15/h9H,4-8H2,1-3H3,(H,14,15). The van der Waals surface area contributed by atoms with Gasteiger partial charge in [0.25, 0.3) is 10.2 Å². The number of hydrogen-bond donors (Lipinski definition) is 1. The molecule has 1 unspecified atom stereocenters. The highest BCUT2D eigenvalue weighted by molar-refractivity contribution is 7.86. The van der Waals surface area contributed by atoms with Crippen molar-refractivity contribution in [3.63, 3.8) is 0 Å². The van der Waals surface area contributed by atoms with Crippen LogP contribution in [0.1, 0.15) is 13.3 Å². The average Bonchev–Trinajstić information content (AvgIpc) is 2.24. The van der Waals surface area contributed by atoms with E-state index in [2.05, 4.69) is 4.90 Å². The number of rotatable bonds is 5. The third-order valence-corrected chi connectivity index (χ3v) is 5.21. The highest BCUT2D eigenvalue weighted by Crippen LogP contribution is 2.15. The Hall–Kier alpha value is -0.700. The van der Waals surface area contributed by atoms with Crippen molar-refractivity contribution >= 4 is 16.2 Å². The Morgan fingerprint density at radius 1 is 1.44 bits per heavy atom. The van der Waals surface area contributed by atoms with E-state index < -0.39 is 16.2 Å². The van der Waals surface area contributed by atoms with Crippen LogP contribution in [0, 0.1) is 0 Å². The second-order valence-corrected chi connectivity index (χ2v) is 6.68. The zero-order valence-electron chi connectivity index (χ0n) is 11.0. The zero-order valence-corrected chi connectivity index (χ0v) is 11.9. The van der Waals surface area contributed by atoms with Crippen LogP contribution in [-0.2, 0) is 15.0 Å². The van der Waals surface area contributed by atoms with Gasteiger partial charge in [0, 0.05) is 39.3 Å². The van der Waals surface area contributed by atoms with E-state index in [1.165, 1.54) is 11.4 Å². The second-order valence-electron chi connectivity index (χ2n) is 4.70. The van der Waals surface area contributed by atoms with Gasteiger partial charge in [-0.2, -0.15) is 17.0 Å². The maximum absolute atomic E-state index is 12.3. The van der Waals surface area contributed by atoms with Crippen LogP contribution in [0.2, 0.25) is 0 Å². The normalized spacial score (nSPS) is 23.4. The van der Waals surface area contributed by atoms with Gasteiger partial charge in [-0.15, -0.1) is 0 Å². The number of likely N-dealkylation sites (N-methyl/N-ethyl adjacent to an activating group) is 1. The molecule has 1 fully saturated rings. The van der Waals surface area contributed by atoms with Crippen molar-refractivity contribution in [1.29, 1.82) is 0 Å². The third-order valence-electron chi connectivity index (χ3n) is 3.10. The summed E-state index contributed by atoms with van der Waals surface area (Å²) < 4.78 is 27.1. The molecule has 0 amide bonds. The van der Waals surface area contributed by atoms with Gasteiger partial charge in [-0.25, -0.2) is 0 Å². The van der Waals surface area contributed by atoms with Crippen molar-refractivity contribution in [2.45, 2.75) is 19.4 Å². The summed E-state index contributed by atoms with van der Waals surface area (Å²) in [6, 6.07) is -0.0963. The topological polar surface area (TPSA) is 81.2 Å². The van der Waals surface area contributed by atoms with Crippen LogP contribution in [-0.4, -0.2) is 79.3 Å². The lowest BCUT2D eigenvalue weighted by Gasteiger charge is -2.38. The minimum atomic E-state index is -3.55. The molecule has 7 nitrogen and oxygen atoms in total. The van der Waals surface area contributed by atoms with Gasteiger partial charge in [0.2, 0.25) is 0 Å². The Morgan fingerprint density at radius 2 is 2.06 bits per heavy atom. The van der Waals surface area contributed by atoms with Gasteiger partial charge in [-0.05, 0) is 14.0 Å². The Balaban J connectivity index is 2.70. The fourth-order valence-electron chi connectivity index (χ4n) is 2.01. The van der Waals surface area contributed by atoms with Crippen LogP contribution in [0.3, 0.4) is 0 Å². The maximum Gasteiger partial charge on any atom is 0.304 e. The molecule has 1 saturated heterocycles. The number of carbonyl (C=O) groups is 1. The smallest absolute Gasteiger partial charge is 0.304 e. The molecule has 1 aliphatic rings. The molecular formula is C10H21N3O4S. The highest BCUT2D eigenvalue weighted by Gasteiger charge is 2.34. The van der Waals surface area contributed by atoms with Crippen molar-refractivity contribution in [2.75, 3.05) is 40.3 Å². The minimum absolute atomic E-state index is 0.00325. The van der Waals surface area contributed by atoms with Gasteiger partial charge in [0.05, 0.1) is 6.42 Å². The molecule has 0 aliphatic carbocycles. The lowest BCUT2D eigenvalue weighted by atomic mass is 10.2. The van der Waals surface area contributed by atoms with Gasteiger partial charge in [-0.3, -0.25) is 4.79 Å². The summed E-state index contributed by atoms with van der Waals surface area (Å²) >= 11 is 0. The molecule has 0 aromatic rings. The number of carboxylic acid groups (broad SMARTS) is 1. The first-order chi connectivity index (χ1) is 8.25. The molecule has 1 aliphatic heterocycles. The molecule has 1 N–H and O–H groups in total. The first-order valence-electron chi connectivity index (χ1n) is 5.88. The highest BCUT2D eigenvalue weighted by atomic mass is 32.2. The molecule has 0 radical (unpaired) electrons. The largest absolute Gasteiger partial charge is 0.481 e. The predicted molar refractivity (Wildman–Crippen MR) is 67.5 cm³/mol. The summed E-state index contributed by atoms with van der Waals surface area (Å²) in [7, 11) is -0.181. The van der Waals surface area contributed by atoms with E-state index in [0.717, 1.165) is 4.31 Å². The summed E-state index contributed by atoms with van der Waals surface area (Å²) in [6.07, 6.45) is -0.183. The van der Waals surface area contributed by atoms with Crippen LogP contribution in [0.25, 0.3) is 0 Å². The number of hydrogen-bond acceptors (Lipinski definition) is 4. The Morgan fingerprint density at radius 3 is 2.56 bits per heavy atom. The molecule has 1 atom stereocenters. The SMILES string of the molecule is CC1CN(C)CCN1S(=O)(=O)N(C)CCC(=O)O. The summed E-state index contributed by atoms with van der Waals surface area (Å²) in [4.78, 5) is 12.5.